The van der Waals surface area contributed by atoms with Crippen molar-refractivity contribution in [1.82, 2.24) is 14.8 Å². The fraction of sp³-hybridized carbons (Fsp3) is 0.464. The highest BCUT2D eigenvalue weighted by molar-refractivity contribution is 6.31. The van der Waals surface area contributed by atoms with Crippen LogP contribution in [0.5, 0.6) is 0 Å². The quantitative estimate of drug-likeness (QED) is 0.498. The van der Waals surface area contributed by atoms with Gasteiger partial charge in [-0.15, -0.1) is 0 Å². The number of nitriles is 1. The van der Waals surface area contributed by atoms with Crippen LogP contribution in [0.1, 0.15) is 59.8 Å². The molecule has 1 atom stereocenters. The minimum absolute atomic E-state index is 0.171. The van der Waals surface area contributed by atoms with Crippen LogP contribution in [-0.4, -0.2) is 69.5 Å². The zero-order chi connectivity index (χ0) is 30.3. The van der Waals surface area contributed by atoms with Crippen LogP contribution in [0.3, 0.4) is 0 Å². The number of rotatable bonds is 5. The van der Waals surface area contributed by atoms with Crippen LogP contribution in [-0.2, 0) is 16.1 Å². The van der Waals surface area contributed by atoms with Gasteiger partial charge in [-0.25, -0.2) is 9.78 Å². The summed E-state index contributed by atoms with van der Waals surface area (Å²) in [6, 6.07) is 8.90. The first-order valence-corrected chi connectivity index (χ1v) is 13.5. The summed E-state index contributed by atoms with van der Waals surface area (Å²) in [6.45, 7) is 7.16. The van der Waals surface area contributed by atoms with Gasteiger partial charge in [0, 0.05) is 55.0 Å². The summed E-state index contributed by atoms with van der Waals surface area (Å²) in [6.07, 6.45) is 0.697. The van der Waals surface area contributed by atoms with Crippen LogP contribution in [0.15, 0.2) is 30.5 Å². The predicted octanol–water partition coefficient (Wildman–Crippen LogP) is 5.02. The monoisotopic (exact) mass is 593 g/mol. The first-order valence-electron chi connectivity index (χ1n) is 13.1. The van der Waals surface area contributed by atoms with Crippen LogP contribution in [0, 0.1) is 24.2 Å². The second-order valence-electron chi connectivity index (χ2n) is 10.1. The molecule has 1 aliphatic heterocycles. The van der Waals surface area contributed by atoms with Crippen molar-refractivity contribution in [1.29, 1.82) is 5.26 Å². The Morgan fingerprint density at radius 3 is 2.39 bits per heavy atom. The Kier molecular flexibility index (Phi) is 10.7. The molecule has 13 heteroatoms. The number of carboxylic acid groups (broad SMARTS) is 1. The van der Waals surface area contributed by atoms with Crippen molar-refractivity contribution in [3.63, 3.8) is 0 Å². The summed E-state index contributed by atoms with van der Waals surface area (Å²) >= 11 is 6.40. The van der Waals surface area contributed by atoms with Crippen molar-refractivity contribution in [2.45, 2.75) is 58.3 Å². The van der Waals surface area contributed by atoms with Crippen molar-refractivity contribution in [3.8, 4) is 6.07 Å². The molecule has 1 aromatic carbocycles. The van der Waals surface area contributed by atoms with E-state index in [1.54, 1.807) is 12.1 Å². The molecule has 220 valence electrons. The van der Waals surface area contributed by atoms with Crippen molar-refractivity contribution in [2.75, 3.05) is 25.0 Å². The first-order chi connectivity index (χ1) is 19.3. The van der Waals surface area contributed by atoms with E-state index in [0.29, 0.717) is 28.7 Å². The maximum Gasteiger partial charge on any atom is 0.490 e. The van der Waals surface area contributed by atoms with Gasteiger partial charge in [-0.05, 0) is 62.1 Å². The van der Waals surface area contributed by atoms with Gasteiger partial charge in [-0.1, -0.05) is 24.4 Å². The first kappa shape index (κ1) is 31.8. The Labute approximate surface area is 240 Å². The second-order valence-corrected chi connectivity index (χ2v) is 10.6. The summed E-state index contributed by atoms with van der Waals surface area (Å²) in [7, 11) is 0. The number of hydrogen-bond donors (Lipinski definition) is 2. The lowest BCUT2D eigenvalue weighted by Crippen LogP contribution is -2.54. The lowest BCUT2D eigenvalue weighted by Gasteiger charge is -2.41. The average molecular weight is 594 g/mol. The fourth-order valence-corrected chi connectivity index (χ4v) is 5.21. The number of aromatic nitrogens is 1. The maximum atomic E-state index is 12.9. The summed E-state index contributed by atoms with van der Waals surface area (Å²) in [5.41, 5.74) is 3.29. The lowest BCUT2D eigenvalue weighted by atomic mass is 10.0. The van der Waals surface area contributed by atoms with Gasteiger partial charge >= 0.3 is 12.1 Å². The number of alkyl halides is 3. The Morgan fingerprint density at radius 1 is 1.20 bits per heavy atom. The number of nitrogens with one attached hydrogen (secondary N) is 1. The van der Waals surface area contributed by atoms with Gasteiger partial charge in [-0.3, -0.25) is 14.5 Å². The van der Waals surface area contributed by atoms with Crippen molar-refractivity contribution in [3.05, 3.63) is 57.9 Å². The Morgan fingerprint density at radius 2 is 1.85 bits per heavy atom. The third-order valence-corrected chi connectivity index (χ3v) is 7.42. The highest BCUT2D eigenvalue weighted by Gasteiger charge is 2.38. The van der Waals surface area contributed by atoms with Gasteiger partial charge in [0.1, 0.15) is 11.8 Å². The topological polar surface area (TPSA) is 127 Å². The zero-order valence-corrected chi connectivity index (χ0v) is 23.4. The number of carbonyl (C=O) groups is 3. The number of carbonyl (C=O) groups excluding carboxylic acids is 2. The Hall–Kier alpha value is -3.69. The lowest BCUT2D eigenvalue weighted by molar-refractivity contribution is -0.192. The fourth-order valence-electron chi connectivity index (χ4n) is 4.97. The van der Waals surface area contributed by atoms with E-state index in [9.17, 15) is 22.8 Å². The SMILES string of the molecule is Cc1c(CN2CCN(C(=O)C3CCCC3)[C@@H](C)C2)cc(Cl)cc1NC(=O)c1ccc(C#N)nc1.O=C(O)C(F)(F)F. The van der Waals surface area contributed by atoms with Crippen molar-refractivity contribution in [2.24, 2.45) is 5.92 Å². The summed E-state index contributed by atoms with van der Waals surface area (Å²) in [5, 5.41) is 19.5. The third kappa shape index (κ3) is 8.65. The molecule has 1 saturated carbocycles. The number of hydrogen-bond acceptors (Lipinski definition) is 6. The number of pyridine rings is 1. The van der Waals surface area contributed by atoms with E-state index in [-0.39, 0.29) is 23.6 Å². The number of nitrogens with zero attached hydrogens (tertiary/aromatic N) is 4. The molecule has 0 unspecified atom stereocenters. The molecule has 4 rings (SSSR count). The highest BCUT2D eigenvalue weighted by Crippen LogP contribution is 2.30. The van der Waals surface area contributed by atoms with E-state index in [1.807, 2.05) is 19.1 Å². The van der Waals surface area contributed by atoms with Crippen LogP contribution >= 0.6 is 11.6 Å². The smallest absolute Gasteiger partial charge is 0.475 e. The number of carboxylic acids is 1. The molecule has 0 radical (unpaired) electrons. The Balaban J connectivity index is 0.000000587. The van der Waals surface area contributed by atoms with Crippen LogP contribution in [0.2, 0.25) is 5.02 Å². The number of aliphatic carboxylic acids is 1. The molecule has 2 N–H and O–H groups in total. The van der Waals surface area contributed by atoms with Gasteiger partial charge in [0.2, 0.25) is 5.91 Å². The summed E-state index contributed by atoms with van der Waals surface area (Å²) in [4.78, 5) is 42.9. The van der Waals surface area contributed by atoms with E-state index in [1.165, 1.54) is 25.1 Å². The molecule has 2 fully saturated rings. The molecule has 2 aromatic rings. The Bertz CT molecular complexity index is 1310. The number of piperazine rings is 1. The van der Waals surface area contributed by atoms with Crippen LogP contribution < -0.4 is 5.32 Å². The largest absolute Gasteiger partial charge is 0.490 e. The molecule has 41 heavy (non-hydrogen) atoms. The molecule has 2 heterocycles. The standard InChI is InChI=1S/C26H30ClN5O2.C2HF3O2/c1-17-15-31(9-10-32(17)26(34)19-5-3-4-6-19)16-21-11-22(27)12-24(18(21)2)30-25(33)20-7-8-23(13-28)29-14-20;3-2(4,5)1(6)7/h7-8,11-12,14,17,19H,3-6,9-10,15-16H2,1-2H3,(H,30,33);(H,6,7)/t17-;/m0./s1. The van der Waals surface area contributed by atoms with Crippen LogP contribution in [0.4, 0.5) is 18.9 Å². The van der Waals surface area contributed by atoms with Crippen molar-refractivity contribution >= 4 is 35.1 Å². The zero-order valence-electron chi connectivity index (χ0n) is 22.7. The third-order valence-electron chi connectivity index (χ3n) is 7.20. The van der Waals surface area contributed by atoms with Crippen molar-refractivity contribution < 1.29 is 32.7 Å². The molecule has 9 nitrogen and oxygen atoms in total. The molecule has 0 spiro atoms. The average Bonchev–Trinajstić information content (AvgIpc) is 3.46. The predicted molar refractivity (Wildman–Crippen MR) is 145 cm³/mol. The number of halogens is 4. The molecule has 0 bridgehead atoms. The van der Waals surface area contributed by atoms with Gasteiger partial charge in [0.25, 0.3) is 5.91 Å². The van der Waals surface area contributed by atoms with E-state index in [2.05, 4.69) is 27.0 Å². The molecular weight excluding hydrogens is 563 g/mol. The van der Waals surface area contributed by atoms with E-state index in [0.717, 1.165) is 43.6 Å². The summed E-state index contributed by atoms with van der Waals surface area (Å²) in [5.74, 6) is -2.53. The molecule has 2 amide bonds. The highest BCUT2D eigenvalue weighted by atomic mass is 35.5. The van der Waals surface area contributed by atoms with Gasteiger partial charge in [-0.2, -0.15) is 18.4 Å². The number of benzene rings is 1. The molecule has 1 aliphatic carbocycles. The minimum atomic E-state index is -5.08. The van der Waals surface area contributed by atoms with Gasteiger partial charge in [0.15, 0.2) is 0 Å². The van der Waals surface area contributed by atoms with Gasteiger partial charge < -0.3 is 15.3 Å². The van der Waals surface area contributed by atoms with E-state index >= 15 is 0 Å². The number of amides is 2. The van der Waals surface area contributed by atoms with E-state index in [4.69, 9.17) is 26.8 Å². The summed E-state index contributed by atoms with van der Waals surface area (Å²) < 4.78 is 31.7. The van der Waals surface area contributed by atoms with Gasteiger partial charge in [0.05, 0.1) is 5.56 Å². The molecule has 1 saturated heterocycles. The number of anilines is 1. The maximum absolute atomic E-state index is 12.9. The van der Waals surface area contributed by atoms with E-state index < -0.39 is 12.1 Å². The molecular formula is C28H31ClF3N5O4. The second kappa shape index (κ2) is 13.8. The molecule has 2 aliphatic rings. The van der Waals surface area contributed by atoms with Crippen LogP contribution in [0.25, 0.3) is 0 Å². The normalized spacial score (nSPS) is 17.8. The molecule has 1 aromatic heterocycles. The minimum Gasteiger partial charge on any atom is -0.475 e.